The number of likely N-dealkylation sites (N-methyl/N-ethyl adjacent to an activating group) is 1. The van der Waals surface area contributed by atoms with Gasteiger partial charge >= 0.3 is 5.97 Å². The maximum absolute atomic E-state index is 13.8. The molecule has 0 unspecified atom stereocenters. The summed E-state index contributed by atoms with van der Waals surface area (Å²) in [5.41, 5.74) is 9.48. The van der Waals surface area contributed by atoms with Crippen LogP contribution in [0.4, 0.5) is 5.82 Å². The van der Waals surface area contributed by atoms with Gasteiger partial charge in [0.05, 0.1) is 9.92 Å². The Morgan fingerprint density at radius 2 is 1.88 bits per heavy atom. The highest BCUT2D eigenvalue weighted by Crippen LogP contribution is 2.40. The predicted octanol–water partition coefficient (Wildman–Crippen LogP) is 1.74. The van der Waals surface area contributed by atoms with E-state index in [2.05, 4.69) is 9.98 Å². The number of carbonyl (C=O) groups is 1. The van der Waals surface area contributed by atoms with Crippen LogP contribution in [0.3, 0.4) is 0 Å². The molecule has 1 saturated carbocycles. The van der Waals surface area contributed by atoms with Crippen LogP contribution < -0.4 is 11.5 Å². The van der Waals surface area contributed by atoms with Gasteiger partial charge in [0.15, 0.2) is 11.8 Å². The highest BCUT2D eigenvalue weighted by Gasteiger charge is 2.51. The van der Waals surface area contributed by atoms with Crippen molar-refractivity contribution in [1.29, 1.82) is 0 Å². The second-order valence-electron chi connectivity index (χ2n) is 8.10. The van der Waals surface area contributed by atoms with Gasteiger partial charge in [0.25, 0.3) is 0 Å². The third kappa shape index (κ3) is 4.51. The average molecular weight is 483 g/mol. The SMILES string of the molecule is CN(C)CCN(C1(C(=O)O)CCCC1)S(=O)(=O)c1ccc2c(Cl)cnc(N=C(N)N)c2c1. The zero-order chi connectivity index (χ0) is 23.7. The number of nitrogens with two attached hydrogens (primary N) is 2. The Bertz CT molecular complexity index is 1160. The molecule has 1 aromatic heterocycles. The first-order valence-corrected chi connectivity index (χ1v) is 11.9. The molecule has 1 heterocycles. The summed E-state index contributed by atoms with van der Waals surface area (Å²) in [6.07, 6.45) is 3.18. The fourth-order valence-electron chi connectivity index (χ4n) is 4.06. The van der Waals surface area contributed by atoms with Crippen molar-refractivity contribution in [3.63, 3.8) is 0 Å². The van der Waals surface area contributed by atoms with Crippen molar-refractivity contribution < 1.29 is 18.3 Å². The van der Waals surface area contributed by atoms with E-state index in [9.17, 15) is 18.3 Å². The minimum Gasteiger partial charge on any atom is -0.480 e. The van der Waals surface area contributed by atoms with Crippen molar-refractivity contribution in [3.8, 4) is 0 Å². The van der Waals surface area contributed by atoms with Crippen LogP contribution in [0.5, 0.6) is 0 Å². The van der Waals surface area contributed by atoms with Crippen LogP contribution in [0, 0.1) is 0 Å². The van der Waals surface area contributed by atoms with Crippen molar-refractivity contribution in [3.05, 3.63) is 29.4 Å². The van der Waals surface area contributed by atoms with Crippen LogP contribution in [-0.2, 0) is 14.8 Å². The van der Waals surface area contributed by atoms with E-state index in [1.807, 2.05) is 4.90 Å². The molecule has 0 atom stereocenters. The fraction of sp³-hybridized carbons (Fsp3) is 0.450. The number of sulfonamides is 1. The lowest BCUT2D eigenvalue weighted by Gasteiger charge is -2.37. The second kappa shape index (κ2) is 9.18. The zero-order valence-electron chi connectivity index (χ0n) is 18.0. The molecule has 0 amide bonds. The molecular weight excluding hydrogens is 456 g/mol. The van der Waals surface area contributed by atoms with Crippen LogP contribution in [-0.4, -0.2) is 72.4 Å². The van der Waals surface area contributed by atoms with Gasteiger partial charge in [0, 0.05) is 30.1 Å². The van der Waals surface area contributed by atoms with Gasteiger partial charge in [-0.15, -0.1) is 0 Å². The van der Waals surface area contributed by atoms with Gasteiger partial charge in [0.2, 0.25) is 10.0 Å². The van der Waals surface area contributed by atoms with Crippen molar-refractivity contribution in [2.24, 2.45) is 16.5 Å². The summed E-state index contributed by atoms with van der Waals surface area (Å²) in [7, 11) is -0.582. The maximum atomic E-state index is 13.8. The topological polar surface area (TPSA) is 155 Å². The number of rotatable bonds is 8. The van der Waals surface area contributed by atoms with E-state index >= 15 is 0 Å². The Balaban J connectivity index is 2.20. The van der Waals surface area contributed by atoms with Gasteiger partial charge in [-0.2, -0.15) is 9.30 Å². The Labute approximate surface area is 191 Å². The number of aliphatic imine (C=N–C) groups is 1. The Morgan fingerprint density at radius 3 is 2.44 bits per heavy atom. The molecule has 32 heavy (non-hydrogen) atoms. The van der Waals surface area contributed by atoms with Crippen LogP contribution in [0.2, 0.25) is 5.02 Å². The number of halogens is 1. The average Bonchev–Trinajstić information content (AvgIpc) is 3.20. The first-order valence-electron chi connectivity index (χ1n) is 10.1. The molecule has 3 rings (SSSR count). The summed E-state index contributed by atoms with van der Waals surface area (Å²) in [6, 6.07) is 4.35. The van der Waals surface area contributed by atoms with E-state index in [-0.39, 0.29) is 36.1 Å². The zero-order valence-corrected chi connectivity index (χ0v) is 19.5. The number of benzene rings is 1. The number of carboxylic acids is 1. The van der Waals surface area contributed by atoms with Gasteiger partial charge in [-0.3, -0.25) is 4.79 Å². The third-order valence-electron chi connectivity index (χ3n) is 5.67. The number of pyridine rings is 1. The smallest absolute Gasteiger partial charge is 0.325 e. The van der Waals surface area contributed by atoms with E-state index < -0.39 is 21.5 Å². The molecule has 0 spiro atoms. The van der Waals surface area contributed by atoms with Crippen molar-refractivity contribution >= 4 is 50.1 Å². The monoisotopic (exact) mass is 482 g/mol. The van der Waals surface area contributed by atoms with Gasteiger partial charge in [-0.05, 0) is 39.1 Å². The van der Waals surface area contributed by atoms with E-state index in [4.69, 9.17) is 23.1 Å². The molecule has 1 aliphatic carbocycles. The Morgan fingerprint density at radius 1 is 1.22 bits per heavy atom. The third-order valence-corrected chi connectivity index (χ3v) is 7.93. The Hall–Kier alpha value is -2.47. The predicted molar refractivity (Wildman–Crippen MR) is 124 cm³/mol. The lowest BCUT2D eigenvalue weighted by atomic mass is 9.98. The number of hydrogen-bond donors (Lipinski definition) is 3. The van der Waals surface area contributed by atoms with Gasteiger partial charge in [-0.1, -0.05) is 30.5 Å². The maximum Gasteiger partial charge on any atom is 0.325 e. The van der Waals surface area contributed by atoms with E-state index in [1.54, 1.807) is 20.2 Å². The minimum atomic E-state index is -4.19. The summed E-state index contributed by atoms with van der Waals surface area (Å²) < 4.78 is 28.8. The number of carboxylic acid groups (broad SMARTS) is 1. The number of fused-ring (bicyclic) bond motifs is 1. The fourth-order valence-corrected chi connectivity index (χ4v) is 6.08. The van der Waals surface area contributed by atoms with Crippen LogP contribution in [0.1, 0.15) is 25.7 Å². The number of hydrogen-bond acceptors (Lipinski definition) is 6. The van der Waals surface area contributed by atoms with Gasteiger partial charge < -0.3 is 21.5 Å². The Kier molecular flexibility index (Phi) is 6.94. The normalized spacial score (nSPS) is 16.0. The highest BCUT2D eigenvalue weighted by atomic mass is 35.5. The molecule has 0 saturated heterocycles. The molecule has 1 aromatic carbocycles. The molecule has 5 N–H and O–H groups in total. The molecule has 1 fully saturated rings. The summed E-state index contributed by atoms with van der Waals surface area (Å²) in [4.78, 5) is 22.1. The summed E-state index contributed by atoms with van der Waals surface area (Å²) in [6.45, 7) is 0.405. The van der Waals surface area contributed by atoms with Gasteiger partial charge in [0.1, 0.15) is 5.54 Å². The van der Waals surface area contributed by atoms with Crippen molar-refractivity contribution in [1.82, 2.24) is 14.2 Å². The molecule has 2 aromatic rings. The lowest BCUT2D eigenvalue weighted by molar-refractivity contribution is -0.148. The van der Waals surface area contributed by atoms with E-state index in [1.165, 1.54) is 18.3 Å². The van der Waals surface area contributed by atoms with E-state index in [0.29, 0.717) is 35.2 Å². The van der Waals surface area contributed by atoms with Crippen molar-refractivity contribution in [2.75, 3.05) is 27.2 Å². The van der Waals surface area contributed by atoms with Gasteiger partial charge in [-0.25, -0.2) is 13.4 Å². The van der Waals surface area contributed by atoms with Crippen LogP contribution in [0.25, 0.3) is 10.8 Å². The summed E-state index contributed by atoms with van der Waals surface area (Å²) in [5, 5.41) is 11.2. The number of nitrogens with zero attached hydrogens (tertiary/aromatic N) is 4. The quantitative estimate of drug-likeness (QED) is 0.379. The molecule has 1 aliphatic rings. The van der Waals surface area contributed by atoms with Crippen LogP contribution >= 0.6 is 11.6 Å². The molecule has 12 heteroatoms. The van der Waals surface area contributed by atoms with Crippen LogP contribution in [0.15, 0.2) is 34.3 Å². The summed E-state index contributed by atoms with van der Waals surface area (Å²) >= 11 is 6.23. The highest BCUT2D eigenvalue weighted by molar-refractivity contribution is 7.89. The molecular formula is C20H27ClN6O4S. The molecule has 10 nitrogen and oxygen atoms in total. The largest absolute Gasteiger partial charge is 0.480 e. The summed E-state index contributed by atoms with van der Waals surface area (Å²) in [5.74, 6) is -1.25. The lowest BCUT2D eigenvalue weighted by Crippen LogP contribution is -2.56. The van der Waals surface area contributed by atoms with E-state index in [0.717, 1.165) is 4.31 Å². The molecule has 0 radical (unpaired) electrons. The van der Waals surface area contributed by atoms with Crippen molar-refractivity contribution in [2.45, 2.75) is 36.1 Å². The molecule has 0 aliphatic heterocycles. The second-order valence-corrected chi connectivity index (χ2v) is 10.4. The standard InChI is InChI=1S/C20H27ClN6O4S/c1-26(2)9-10-27(20(18(28)29)7-3-4-8-20)32(30,31)13-5-6-14-15(11-13)17(25-19(22)23)24-12-16(14)21/h5-6,11-12H,3-4,7-10H2,1-2H3,(H,28,29)(H4,22,23,24,25). The number of aromatic nitrogens is 1. The minimum absolute atomic E-state index is 0.0359. The number of aliphatic carboxylic acids is 1. The number of guanidine groups is 1. The first kappa shape index (κ1) is 24.2. The molecule has 174 valence electrons. The first-order chi connectivity index (χ1) is 15.0. The molecule has 0 bridgehead atoms.